The van der Waals surface area contributed by atoms with Crippen LogP contribution in [0.3, 0.4) is 0 Å². The Labute approximate surface area is 145 Å². The zero-order valence-electron chi connectivity index (χ0n) is 14.0. The molecule has 4 nitrogen and oxygen atoms in total. The minimum absolute atomic E-state index is 0.156. The summed E-state index contributed by atoms with van der Waals surface area (Å²) in [6.07, 6.45) is 2.82. The smallest absolute Gasteiger partial charge is 0.209 e. The Hall–Kier alpha value is -2.24. The predicted octanol–water partition coefficient (Wildman–Crippen LogP) is 3.84. The number of fused-ring (bicyclic) bond motifs is 2. The van der Waals surface area contributed by atoms with Crippen LogP contribution in [0.2, 0.25) is 0 Å². The van der Waals surface area contributed by atoms with E-state index in [1.807, 2.05) is 0 Å². The first-order valence-electron chi connectivity index (χ1n) is 8.72. The topological polar surface area (TPSA) is 49.5 Å². The van der Waals surface area contributed by atoms with Gasteiger partial charge in [0.25, 0.3) is 0 Å². The molecule has 1 aliphatic rings. The van der Waals surface area contributed by atoms with Crippen molar-refractivity contribution in [3.63, 3.8) is 0 Å². The van der Waals surface area contributed by atoms with Crippen LogP contribution in [0.15, 0.2) is 46.9 Å². The van der Waals surface area contributed by atoms with Gasteiger partial charge in [0.15, 0.2) is 5.58 Å². The number of aliphatic hydroxyl groups is 1. The van der Waals surface area contributed by atoms with Crippen LogP contribution in [0.25, 0.3) is 11.1 Å². The zero-order chi connectivity index (χ0) is 17.2. The van der Waals surface area contributed by atoms with Crippen LogP contribution < -0.4 is 0 Å². The number of benzene rings is 2. The predicted molar refractivity (Wildman–Crippen MR) is 93.6 cm³/mol. The van der Waals surface area contributed by atoms with E-state index in [9.17, 15) is 9.50 Å². The van der Waals surface area contributed by atoms with Crippen LogP contribution in [-0.2, 0) is 13.0 Å². The van der Waals surface area contributed by atoms with E-state index < -0.39 is 0 Å². The molecule has 0 amide bonds. The molecule has 1 aromatic heterocycles. The first kappa shape index (κ1) is 16.2. The summed E-state index contributed by atoms with van der Waals surface area (Å²) in [6, 6.07) is 13.2. The van der Waals surface area contributed by atoms with Crippen molar-refractivity contribution in [1.29, 1.82) is 0 Å². The number of aromatic nitrogens is 1. The Morgan fingerprint density at radius 1 is 1.24 bits per heavy atom. The molecular weight excluding hydrogens is 319 g/mol. The van der Waals surface area contributed by atoms with E-state index >= 15 is 0 Å². The maximum atomic E-state index is 13.4. The Bertz CT molecular complexity index is 877. The standard InChI is InChI=1S/C20H21FN2O2/c21-15-7-9-19-17(12-15)22-20(25-19)13-23(10-3-11-24)18-8-6-14-4-1-2-5-16(14)18/h1-2,4-5,7,9,12,18,24H,3,6,8,10-11,13H2. The molecule has 0 saturated carbocycles. The normalized spacial score (nSPS) is 16.7. The van der Waals surface area contributed by atoms with Crippen molar-refractivity contribution < 1.29 is 13.9 Å². The Morgan fingerprint density at radius 2 is 2.12 bits per heavy atom. The molecule has 1 unspecified atom stereocenters. The minimum atomic E-state index is -0.311. The Kier molecular flexibility index (Phi) is 4.51. The SMILES string of the molecule is OCCCN(Cc1nc2cc(F)ccc2o1)C1CCc2ccccc21. The molecule has 2 aromatic carbocycles. The van der Waals surface area contributed by atoms with Gasteiger partial charge in [-0.15, -0.1) is 0 Å². The molecule has 5 heteroatoms. The van der Waals surface area contributed by atoms with Crippen molar-refractivity contribution >= 4 is 11.1 Å². The van der Waals surface area contributed by atoms with Crippen LogP contribution in [0, 0.1) is 5.82 Å². The van der Waals surface area contributed by atoms with Gasteiger partial charge in [0, 0.05) is 25.3 Å². The fourth-order valence-corrected chi connectivity index (χ4v) is 3.72. The lowest BCUT2D eigenvalue weighted by Crippen LogP contribution is -2.29. The summed E-state index contributed by atoms with van der Waals surface area (Å²) in [6.45, 7) is 1.47. The molecule has 1 aliphatic carbocycles. The Balaban J connectivity index is 1.60. The van der Waals surface area contributed by atoms with E-state index in [4.69, 9.17) is 4.42 Å². The summed E-state index contributed by atoms with van der Waals surface area (Å²) in [5, 5.41) is 9.26. The molecule has 0 saturated heterocycles. The molecule has 0 aliphatic heterocycles. The molecule has 3 aromatic rings. The maximum Gasteiger partial charge on any atom is 0.209 e. The van der Waals surface area contributed by atoms with Crippen LogP contribution in [-0.4, -0.2) is 28.1 Å². The van der Waals surface area contributed by atoms with Crippen molar-refractivity contribution in [2.45, 2.75) is 31.8 Å². The molecule has 4 rings (SSSR count). The summed E-state index contributed by atoms with van der Waals surface area (Å²) in [5.41, 5.74) is 3.89. The minimum Gasteiger partial charge on any atom is -0.439 e. The van der Waals surface area contributed by atoms with E-state index in [0.29, 0.717) is 36.0 Å². The molecular formula is C20H21FN2O2. The van der Waals surface area contributed by atoms with Gasteiger partial charge in [0.1, 0.15) is 11.3 Å². The fraction of sp³-hybridized carbons (Fsp3) is 0.350. The largest absolute Gasteiger partial charge is 0.439 e. The van der Waals surface area contributed by atoms with E-state index in [0.717, 1.165) is 19.4 Å². The van der Waals surface area contributed by atoms with Crippen LogP contribution in [0.1, 0.15) is 35.9 Å². The van der Waals surface area contributed by atoms with E-state index in [2.05, 4.69) is 34.1 Å². The van der Waals surface area contributed by atoms with Crippen LogP contribution in [0.5, 0.6) is 0 Å². The zero-order valence-corrected chi connectivity index (χ0v) is 14.0. The van der Waals surface area contributed by atoms with Crippen molar-refractivity contribution in [1.82, 2.24) is 9.88 Å². The molecule has 0 spiro atoms. The van der Waals surface area contributed by atoms with Gasteiger partial charge in [-0.3, -0.25) is 4.90 Å². The first-order chi connectivity index (χ1) is 12.2. The van der Waals surface area contributed by atoms with E-state index in [1.165, 1.54) is 23.3 Å². The monoisotopic (exact) mass is 340 g/mol. The van der Waals surface area contributed by atoms with E-state index in [1.54, 1.807) is 6.07 Å². The van der Waals surface area contributed by atoms with Crippen molar-refractivity contribution in [3.8, 4) is 0 Å². The lowest BCUT2D eigenvalue weighted by Gasteiger charge is -2.28. The van der Waals surface area contributed by atoms with Gasteiger partial charge in [-0.2, -0.15) is 0 Å². The number of nitrogens with zero attached hydrogens (tertiary/aromatic N) is 2. The average molecular weight is 340 g/mol. The number of aliphatic hydroxyl groups excluding tert-OH is 1. The van der Waals surface area contributed by atoms with Crippen molar-refractivity contribution in [2.75, 3.05) is 13.2 Å². The van der Waals surface area contributed by atoms with Crippen molar-refractivity contribution in [3.05, 3.63) is 65.3 Å². The van der Waals surface area contributed by atoms with Gasteiger partial charge >= 0.3 is 0 Å². The first-order valence-corrected chi connectivity index (χ1v) is 8.72. The third-order valence-electron chi connectivity index (χ3n) is 4.88. The molecule has 1 N–H and O–H groups in total. The highest BCUT2D eigenvalue weighted by atomic mass is 19.1. The average Bonchev–Trinajstić information content (AvgIpc) is 3.21. The van der Waals surface area contributed by atoms with Gasteiger partial charge in [0.2, 0.25) is 5.89 Å². The molecule has 0 radical (unpaired) electrons. The number of hydrogen-bond donors (Lipinski definition) is 1. The maximum absolute atomic E-state index is 13.4. The second-order valence-corrected chi connectivity index (χ2v) is 6.52. The van der Waals surface area contributed by atoms with Gasteiger partial charge in [-0.1, -0.05) is 24.3 Å². The fourth-order valence-electron chi connectivity index (χ4n) is 3.72. The lowest BCUT2D eigenvalue weighted by molar-refractivity contribution is 0.153. The van der Waals surface area contributed by atoms with Gasteiger partial charge in [-0.25, -0.2) is 9.37 Å². The number of rotatable bonds is 6. The third-order valence-corrected chi connectivity index (χ3v) is 4.88. The summed E-state index contributed by atoms with van der Waals surface area (Å²) >= 11 is 0. The number of halogens is 1. The van der Waals surface area contributed by atoms with Crippen LogP contribution >= 0.6 is 0 Å². The second kappa shape index (κ2) is 6.94. The van der Waals surface area contributed by atoms with Gasteiger partial charge in [-0.05, 0) is 42.5 Å². The van der Waals surface area contributed by atoms with Crippen LogP contribution in [0.4, 0.5) is 4.39 Å². The summed E-state index contributed by atoms with van der Waals surface area (Å²) in [7, 11) is 0. The van der Waals surface area contributed by atoms with Crippen molar-refractivity contribution in [2.24, 2.45) is 0 Å². The highest BCUT2D eigenvalue weighted by molar-refractivity contribution is 5.72. The quantitative estimate of drug-likeness (QED) is 0.741. The highest BCUT2D eigenvalue weighted by Gasteiger charge is 2.28. The molecule has 25 heavy (non-hydrogen) atoms. The molecule has 1 heterocycles. The van der Waals surface area contributed by atoms with E-state index in [-0.39, 0.29) is 12.4 Å². The van der Waals surface area contributed by atoms with Gasteiger partial charge in [0.05, 0.1) is 6.54 Å². The molecule has 0 fully saturated rings. The summed E-state index contributed by atoms with van der Waals surface area (Å²) in [5.74, 6) is 0.275. The second-order valence-electron chi connectivity index (χ2n) is 6.52. The highest BCUT2D eigenvalue weighted by Crippen LogP contribution is 2.36. The Morgan fingerprint density at radius 3 is 3.00 bits per heavy atom. The molecule has 130 valence electrons. The van der Waals surface area contributed by atoms with Gasteiger partial charge < -0.3 is 9.52 Å². The molecule has 1 atom stereocenters. The number of aryl methyl sites for hydroxylation is 1. The lowest BCUT2D eigenvalue weighted by atomic mass is 10.1. The number of oxazole rings is 1. The molecule has 0 bridgehead atoms. The summed E-state index contributed by atoms with van der Waals surface area (Å²) < 4.78 is 19.2. The third kappa shape index (κ3) is 3.30. The number of hydrogen-bond acceptors (Lipinski definition) is 4. The summed E-state index contributed by atoms with van der Waals surface area (Å²) in [4.78, 5) is 6.75.